The van der Waals surface area contributed by atoms with Gasteiger partial charge in [0.15, 0.2) is 0 Å². The van der Waals surface area contributed by atoms with E-state index in [2.05, 4.69) is 10.2 Å². The summed E-state index contributed by atoms with van der Waals surface area (Å²) in [5.41, 5.74) is 0.425. The maximum absolute atomic E-state index is 5.74. The first-order valence-corrected chi connectivity index (χ1v) is 8.89. The molecule has 1 spiro atoms. The number of hydrogen-bond acceptors (Lipinski definition) is 4. The molecule has 1 heterocycles. The van der Waals surface area contributed by atoms with Gasteiger partial charge in [0, 0.05) is 38.3 Å². The minimum Gasteiger partial charge on any atom is -0.382 e. The SMILES string of the molecule is COCCOCCN1CC(C2CC2)NCC12CCCCC2. The molecule has 21 heavy (non-hydrogen) atoms. The van der Waals surface area contributed by atoms with Gasteiger partial charge in [-0.05, 0) is 31.6 Å². The van der Waals surface area contributed by atoms with Crippen molar-refractivity contribution >= 4 is 0 Å². The van der Waals surface area contributed by atoms with Gasteiger partial charge in [-0.1, -0.05) is 19.3 Å². The first-order chi connectivity index (χ1) is 10.3. The molecular weight excluding hydrogens is 264 g/mol. The number of rotatable bonds is 7. The van der Waals surface area contributed by atoms with Gasteiger partial charge < -0.3 is 14.8 Å². The lowest BCUT2D eigenvalue weighted by molar-refractivity contribution is -0.0194. The summed E-state index contributed by atoms with van der Waals surface area (Å²) >= 11 is 0. The van der Waals surface area contributed by atoms with Crippen molar-refractivity contribution in [2.75, 3.05) is 46.6 Å². The molecule has 1 unspecified atom stereocenters. The van der Waals surface area contributed by atoms with Crippen LogP contribution in [0.1, 0.15) is 44.9 Å². The van der Waals surface area contributed by atoms with Gasteiger partial charge in [0.25, 0.3) is 0 Å². The fourth-order valence-corrected chi connectivity index (χ4v) is 4.19. The zero-order valence-corrected chi connectivity index (χ0v) is 13.6. The third-order valence-corrected chi connectivity index (χ3v) is 5.69. The summed E-state index contributed by atoms with van der Waals surface area (Å²) < 4.78 is 10.8. The van der Waals surface area contributed by atoms with Crippen molar-refractivity contribution in [3.63, 3.8) is 0 Å². The van der Waals surface area contributed by atoms with Gasteiger partial charge in [0.1, 0.15) is 0 Å². The van der Waals surface area contributed by atoms with E-state index in [0.29, 0.717) is 12.1 Å². The molecule has 0 radical (unpaired) electrons. The van der Waals surface area contributed by atoms with Gasteiger partial charge in [-0.15, -0.1) is 0 Å². The van der Waals surface area contributed by atoms with E-state index in [1.165, 1.54) is 58.0 Å². The quantitative estimate of drug-likeness (QED) is 0.729. The summed E-state index contributed by atoms with van der Waals surface area (Å²) in [5.74, 6) is 0.947. The zero-order valence-electron chi connectivity index (χ0n) is 13.6. The minimum atomic E-state index is 0.425. The van der Waals surface area contributed by atoms with E-state index in [9.17, 15) is 0 Å². The largest absolute Gasteiger partial charge is 0.382 e. The number of piperazine rings is 1. The molecule has 1 atom stereocenters. The summed E-state index contributed by atoms with van der Waals surface area (Å²) in [7, 11) is 1.73. The zero-order chi connectivity index (χ0) is 14.5. The number of nitrogens with one attached hydrogen (secondary N) is 1. The second-order valence-corrected chi connectivity index (χ2v) is 7.16. The fourth-order valence-electron chi connectivity index (χ4n) is 4.19. The number of ether oxygens (including phenoxy) is 2. The predicted molar refractivity (Wildman–Crippen MR) is 84.6 cm³/mol. The second-order valence-electron chi connectivity index (χ2n) is 7.16. The molecule has 4 heteroatoms. The number of methoxy groups -OCH3 is 1. The average molecular weight is 296 g/mol. The van der Waals surface area contributed by atoms with Gasteiger partial charge in [-0.3, -0.25) is 4.90 Å². The van der Waals surface area contributed by atoms with Crippen molar-refractivity contribution in [3.8, 4) is 0 Å². The summed E-state index contributed by atoms with van der Waals surface area (Å²) in [5, 5.41) is 3.88. The van der Waals surface area contributed by atoms with Crippen molar-refractivity contribution in [2.24, 2.45) is 5.92 Å². The molecule has 0 bridgehead atoms. The molecule has 3 rings (SSSR count). The predicted octanol–water partition coefficient (Wildman–Crippen LogP) is 2.04. The highest BCUT2D eigenvalue weighted by Crippen LogP contribution is 2.40. The van der Waals surface area contributed by atoms with Crippen LogP contribution in [0.4, 0.5) is 0 Å². The minimum absolute atomic E-state index is 0.425. The van der Waals surface area contributed by atoms with E-state index >= 15 is 0 Å². The van der Waals surface area contributed by atoms with Crippen LogP contribution in [0.3, 0.4) is 0 Å². The molecular formula is C17H32N2O2. The van der Waals surface area contributed by atoms with Crippen LogP contribution in [0.5, 0.6) is 0 Å². The summed E-state index contributed by atoms with van der Waals surface area (Å²) in [6.07, 6.45) is 9.83. The van der Waals surface area contributed by atoms with Crippen LogP contribution in [0.2, 0.25) is 0 Å². The van der Waals surface area contributed by atoms with Crippen LogP contribution < -0.4 is 5.32 Å². The van der Waals surface area contributed by atoms with E-state index in [1.807, 2.05) is 0 Å². The molecule has 1 aliphatic heterocycles. The molecule has 122 valence electrons. The topological polar surface area (TPSA) is 33.7 Å². The lowest BCUT2D eigenvalue weighted by Gasteiger charge is -2.52. The second kappa shape index (κ2) is 7.40. The molecule has 0 aromatic rings. The summed E-state index contributed by atoms with van der Waals surface area (Å²) in [6.45, 7) is 5.81. The normalized spacial score (nSPS) is 29.9. The molecule has 1 N–H and O–H groups in total. The van der Waals surface area contributed by atoms with Crippen molar-refractivity contribution < 1.29 is 9.47 Å². The Morgan fingerprint density at radius 1 is 1.10 bits per heavy atom. The van der Waals surface area contributed by atoms with Crippen LogP contribution in [0, 0.1) is 5.92 Å². The van der Waals surface area contributed by atoms with E-state index in [-0.39, 0.29) is 0 Å². The molecule has 3 aliphatic rings. The number of hydrogen-bond donors (Lipinski definition) is 1. The van der Waals surface area contributed by atoms with Crippen LogP contribution in [-0.4, -0.2) is 63.0 Å². The highest BCUT2D eigenvalue weighted by molar-refractivity contribution is 5.03. The van der Waals surface area contributed by atoms with Crippen molar-refractivity contribution in [1.82, 2.24) is 10.2 Å². The lowest BCUT2D eigenvalue weighted by atomic mass is 9.78. The third kappa shape index (κ3) is 3.98. The van der Waals surface area contributed by atoms with Gasteiger partial charge >= 0.3 is 0 Å². The van der Waals surface area contributed by atoms with E-state index in [1.54, 1.807) is 7.11 Å². The Hall–Kier alpha value is -0.160. The molecule has 0 amide bonds. The summed E-state index contributed by atoms with van der Waals surface area (Å²) in [4.78, 5) is 2.78. The third-order valence-electron chi connectivity index (χ3n) is 5.69. The molecule has 4 nitrogen and oxygen atoms in total. The van der Waals surface area contributed by atoms with Crippen molar-refractivity contribution in [1.29, 1.82) is 0 Å². The Bertz CT molecular complexity index is 314. The smallest absolute Gasteiger partial charge is 0.0700 e. The average Bonchev–Trinajstić information content (AvgIpc) is 3.35. The van der Waals surface area contributed by atoms with Crippen LogP contribution in [0.25, 0.3) is 0 Å². The Labute approximate surface area is 129 Å². The molecule has 0 aromatic carbocycles. The Balaban J connectivity index is 1.53. The first-order valence-electron chi connectivity index (χ1n) is 8.89. The van der Waals surface area contributed by atoms with E-state index in [0.717, 1.165) is 31.7 Å². The Morgan fingerprint density at radius 2 is 1.90 bits per heavy atom. The fraction of sp³-hybridized carbons (Fsp3) is 1.00. The highest BCUT2D eigenvalue weighted by atomic mass is 16.5. The summed E-state index contributed by atoms with van der Waals surface area (Å²) in [6, 6.07) is 0.733. The molecule has 1 saturated heterocycles. The molecule has 2 aliphatic carbocycles. The standard InChI is InChI=1S/C17H32N2O2/c1-20-11-12-21-10-9-19-13-16(15-5-6-15)18-14-17(19)7-3-2-4-8-17/h15-16,18H,2-14H2,1H3. The van der Waals surface area contributed by atoms with E-state index in [4.69, 9.17) is 9.47 Å². The Kier molecular flexibility index (Phi) is 5.54. The van der Waals surface area contributed by atoms with Crippen LogP contribution in [0.15, 0.2) is 0 Å². The van der Waals surface area contributed by atoms with Gasteiger partial charge in [0.05, 0.1) is 19.8 Å². The maximum Gasteiger partial charge on any atom is 0.0700 e. The Morgan fingerprint density at radius 3 is 2.62 bits per heavy atom. The van der Waals surface area contributed by atoms with Gasteiger partial charge in [0.2, 0.25) is 0 Å². The van der Waals surface area contributed by atoms with Crippen molar-refractivity contribution in [3.05, 3.63) is 0 Å². The van der Waals surface area contributed by atoms with E-state index < -0.39 is 0 Å². The molecule has 0 aromatic heterocycles. The van der Waals surface area contributed by atoms with Crippen LogP contribution >= 0.6 is 0 Å². The monoisotopic (exact) mass is 296 g/mol. The van der Waals surface area contributed by atoms with Gasteiger partial charge in [-0.2, -0.15) is 0 Å². The first kappa shape index (κ1) is 15.7. The molecule has 2 saturated carbocycles. The van der Waals surface area contributed by atoms with Crippen LogP contribution in [-0.2, 0) is 9.47 Å². The highest BCUT2D eigenvalue weighted by Gasteiger charge is 2.45. The van der Waals surface area contributed by atoms with Gasteiger partial charge in [-0.25, -0.2) is 0 Å². The lowest BCUT2D eigenvalue weighted by Crippen LogP contribution is -2.66. The van der Waals surface area contributed by atoms with Crippen molar-refractivity contribution in [2.45, 2.75) is 56.5 Å². The number of nitrogens with zero attached hydrogens (tertiary/aromatic N) is 1. The maximum atomic E-state index is 5.74. The molecule has 3 fully saturated rings.